The molecular formula is C19H24N2O5. The monoisotopic (exact) mass is 360 g/mol. The molecule has 0 saturated heterocycles. The Labute approximate surface area is 153 Å². The summed E-state index contributed by atoms with van der Waals surface area (Å²) in [6, 6.07) is 7.59. The number of esters is 1. The van der Waals surface area contributed by atoms with Crippen LogP contribution in [-0.2, 0) is 20.7 Å². The number of hydrogen-bond donors (Lipinski definition) is 1. The molecule has 0 unspecified atom stereocenters. The van der Waals surface area contributed by atoms with Crippen molar-refractivity contribution in [2.24, 2.45) is 0 Å². The van der Waals surface area contributed by atoms with Gasteiger partial charge in [0, 0.05) is 6.42 Å². The van der Waals surface area contributed by atoms with Gasteiger partial charge in [-0.2, -0.15) is 5.26 Å². The summed E-state index contributed by atoms with van der Waals surface area (Å²) in [5.74, 6) is 0.310. The van der Waals surface area contributed by atoms with Gasteiger partial charge in [-0.1, -0.05) is 6.07 Å². The molecule has 0 aliphatic heterocycles. The number of hydrogen-bond acceptors (Lipinski definition) is 6. The summed E-state index contributed by atoms with van der Waals surface area (Å²) < 4.78 is 15.4. The van der Waals surface area contributed by atoms with Crippen LogP contribution in [0.3, 0.4) is 0 Å². The molecular weight excluding hydrogens is 336 g/mol. The molecule has 26 heavy (non-hydrogen) atoms. The SMILES string of the molecule is COc1ccc(CCC(=O)OCC(=O)NC2(C#N)CCCC2)cc1OC. The number of aryl methyl sites for hydroxylation is 1. The molecule has 0 heterocycles. The van der Waals surface area contributed by atoms with Crippen LogP contribution in [0.1, 0.15) is 37.7 Å². The summed E-state index contributed by atoms with van der Waals surface area (Å²) in [5, 5.41) is 11.9. The highest BCUT2D eigenvalue weighted by Crippen LogP contribution is 2.29. The molecule has 1 aromatic rings. The van der Waals surface area contributed by atoms with E-state index in [0.717, 1.165) is 18.4 Å². The summed E-state index contributed by atoms with van der Waals surface area (Å²) in [6.45, 7) is -0.367. The second kappa shape index (κ2) is 9.09. The average molecular weight is 360 g/mol. The molecule has 0 spiro atoms. The molecule has 0 aromatic heterocycles. The number of nitrogens with zero attached hydrogens (tertiary/aromatic N) is 1. The summed E-state index contributed by atoms with van der Waals surface area (Å²) in [6.07, 6.45) is 3.72. The van der Waals surface area contributed by atoms with Crippen LogP contribution in [0.4, 0.5) is 0 Å². The number of amides is 1. The topological polar surface area (TPSA) is 97.6 Å². The fourth-order valence-electron chi connectivity index (χ4n) is 3.05. The molecule has 0 bridgehead atoms. The Kier molecular flexibility index (Phi) is 6.84. The van der Waals surface area contributed by atoms with Crippen LogP contribution in [0.15, 0.2) is 18.2 Å². The van der Waals surface area contributed by atoms with Gasteiger partial charge in [-0.05, 0) is 49.8 Å². The lowest BCUT2D eigenvalue weighted by Crippen LogP contribution is -2.46. The Bertz CT molecular complexity index is 690. The van der Waals surface area contributed by atoms with Gasteiger partial charge in [-0.25, -0.2) is 0 Å². The molecule has 0 atom stereocenters. The highest BCUT2D eigenvalue weighted by molar-refractivity contribution is 5.81. The second-order valence-corrected chi connectivity index (χ2v) is 6.30. The minimum absolute atomic E-state index is 0.145. The number of methoxy groups -OCH3 is 2. The first-order chi connectivity index (χ1) is 12.5. The van der Waals surface area contributed by atoms with Crippen molar-refractivity contribution in [1.29, 1.82) is 5.26 Å². The van der Waals surface area contributed by atoms with E-state index in [4.69, 9.17) is 14.2 Å². The summed E-state index contributed by atoms with van der Waals surface area (Å²) in [7, 11) is 3.11. The maximum atomic E-state index is 11.9. The van der Waals surface area contributed by atoms with E-state index in [1.807, 2.05) is 6.07 Å². The van der Waals surface area contributed by atoms with Crippen LogP contribution in [0.2, 0.25) is 0 Å². The second-order valence-electron chi connectivity index (χ2n) is 6.30. The van der Waals surface area contributed by atoms with Crippen molar-refractivity contribution < 1.29 is 23.8 Å². The Morgan fingerprint density at radius 3 is 2.50 bits per heavy atom. The number of nitriles is 1. The predicted molar refractivity (Wildman–Crippen MR) is 93.8 cm³/mol. The fraction of sp³-hybridized carbons (Fsp3) is 0.526. The van der Waals surface area contributed by atoms with E-state index in [2.05, 4.69) is 11.4 Å². The van der Waals surface area contributed by atoms with Crippen LogP contribution >= 0.6 is 0 Å². The normalized spacial score (nSPS) is 15.0. The highest BCUT2D eigenvalue weighted by Gasteiger charge is 2.35. The summed E-state index contributed by atoms with van der Waals surface area (Å²) in [5.41, 5.74) is 0.0989. The van der Waals surface area contributed by atoms with Crippen LogP contribution < -0.4 is 14.8 Å². The van der Waals surface area contributed by atoms with Crippen LogP contribution in [0.5, 0.6) is 11.5 Å². The smallest absolute Gasteiger partial charge is 0.306 e. The number of carbonyl (C=O) groups is 2. The molecule has 1 aromatic carbocycles. The van der Waals surface area contributed by atoms with Gasteiger partial charge < -0.3 is 19.5 Å². The Balaban J connectivity index is 1.77. The molecule has 1 aliphatic carbocycles. The van der Waals surface area contributed by atoms with Gasteiger partial charge in [0.05, 0.1) is 20.3 Å². The lowest BCUT2D eigenvalue weighted by atomic mass is 10.00. The van der Waals surface area contributed by atoms with Crippen molar-refractivity contribution in [3.63, 3.8) is 0 Å². The third kappa shape index (κ3) is 5.12. The molecule has 1 N–H and O–H groups in total. The van der Waals surface area contributed by atoms with Crippen LogP contribution in [-0.4, -0.2) is 38.2 Å². The van der Waals surface area contributed by atoms with E-state index in [0.29, 0.717) is 30.8 Å². The zero-order valence-corrected chi connectivity index (χ0v) is 15.2. The first-order valence-electron chi connectivity index (χ1n) is 8.61. The van der Waals surface area contributed by atoms with Gasteiger partial charge in [-0.3, -0.25) is 9.59 Å². The van der Waals surface area contributed by atoms with E-state index in [1.54, 1.807) is 26.4 Å². The third-order valence-corrected chi connectivity index (χ3v) is 4.48. The van der Waals surface area contributed by atoms with Crippen molar-refractivity contribution in [2.45, 2.75) is 44.1 Å². The first-order valence-corrected chi connectivity index (χ1v) is 8.61. The maximum absolute atomic E-state index is 11.9. The molecule has 0 radical (unpaired) electrons. The Morgan fingerprint density at radius 1 is 1.19 bits per heavy atom. The van der Waals surface area contributed by atoms with E-state index in [-0.39, 0.29) is 13.0 Å². The fourth-order valence-corrected chi connectivity index (χ4v) is 3.05. The average Bonchev–Trinajstić information content (AvgIpc) is 3.13. The number of benzene rings is 1. The van der Waals surface area contributed by atoms with Gasteiger partial charge in [0.25, 0.3) is 5.91 Å². The minimum Gasteiger partial charge on any atom is -0.493 e. The predicted octanol–water partition coefficient (Wildman–Crippen LogP) is 2.13. The maximum Gasteiger partial charge on any atom is 0.306 e. The zero-order valence-electron chi connectivity index (χ0n) is 15.2. The zero-order chi connectivity index (χ0) is 19.0. The standard InChI is InChI=1S/C19H24N2O5/c1-24-15-7-5-14(11-16(15)25-2)6-8-18(23)26-12-17(22)21-19(13-20)9-3-4-10-19/h5,7,11H,3-4,6,8-10,12H2,1-2H3,(H,21,22). The highest BCUT2D eigenvalue weighted by atomic mass is 16.5. The quantitative estimate of drug-likeness (QED) is 0.713. The van der Waals surface area contributed by atoms with Gasteiger partial charge >= 0.3 is 5.97 Å². The molecule has 1 aliphatic rings. The largest absolute Gasteiger partial charge is 0.493 e. The van der Waals surface area contributed by atoms with Crippen LogP contribution in [0, 0.1) is 11.3 Å². The van der Waals surface area contributed by atoms with E-state index < -0.39 is 17.4 Å². The summed E-state index contributed by atoms with van der Waals surface area (Å²) in [4.78, 5) is 23.8. The van der Waals surface area contributed by atoms with E-state index in [9.17, 15) is 14.9 Å². The lowest BCUT2D eigenvalue weighted by Gasteiger charge is -2.21. The van der Waals surface area contributed by atoms with Crippen molar-refractivity contribution in [2.75, 3.05) is 20.8 Å². The molecule has 1 saturated carbocycles. The Hall–Kier alpha value is -2.75. The Morgan fingerprint density at radius 2 is 1.88 bits per heavy atom. The van der Waals surface area contributed by atoms with E-state index >= 15 is 0 Å². The van der Waals surface area contributed by atoms with Gasteiger partial charge in [0.1, 0.15) is 5.54 Å². The number of ether oxygens (including phenoxy) is 3. The molecule has 1 amide bonds. The molecule has 1 fully saturated rings. The number of nitrogens with one attached hydrogen (secondary N) is 1. The third-order valence-electron chi connectivity index (χ3n) is 4.48. The molecule has 140 valence electrons. The van der Waals surface area contributed by atoms with Gasteiger partial charge in [-0.15, -0.1) is 0 Å². The van der Waals surface area contributed by atoms with Crippen molar-refractivity contribution in [3.8, 4) is 17.6 Å². The van der Waals surface area contributed by atoms with Crippen molar-refractivity contribution in [1.82, 2.24) is 5.32 Å². The van der Waals surface area contributed by atoms with Crippen molar-refractivity contribution >= 4 is 11.9 Å². The van der Waals surface area contributed by atoms with Crippen molar-refractivity contribution in [3.05, 3.63) is 23.8 Å². The van der Waals surface area contributed by atoms with Crippen LogP contribution in [0.25, 0.3) is 0 Å². The first kappa shape index (κ1) is 19.6. The number of rotatable bonds is 8. The number of carbonyl (C=O) groups excluding carboxylic acids is 2. The molecule has 2 rings (SSSR count). The van der Waals surface area contributed by atoms with Gasteiger partial charge in [0.15, 0.2) is 18.1 Å². The minimum atomic E-state index is -0.802. The van der Waals surface area contributed by atoms with Gasteiger partial charge in [0.2, 0.25) is 0 Å². The molecule has 7 nitrogen and oxygen atoms in total. The lowest BCUT2D eigenvalue weighted by molar-refractivity contribution is -0.148. The molecule has 7 heteroatoms. The summed E-state index contributed by atoms with van der Waals surface area (Å²) >= 11 is 0. The van der Waals surface area contributed by atoms with E-state index in [1.165, 1.54) is 0 Å².